The molecule has 0 aromatic heterocycles. The first kappa shape index (κ1) is 24.4. The normalized spacial score (nSPS) is 16.7. The first-order chi connectivity index (χ1) is 15.1. The van der Waals surface area contributed by atoms with Gasteiger partial charge in [-0.2, -0.15) is 0 Å². The number of amides is 1. The maximum absolute atomic E-state index is 15.2. The van der Waals surface area contributed by atoms with Crippen molar-refractivity contribution in [1.29, 1.82) is 0 Å². The minimum absolute atomic E-state index is 0.0614. The van der Waals surface area contributed by atoms with Crippen LogP contribution in [0.4, 0.5) is 14.9 Å². The van der Waals surface area contributed by atoms with Crippen LogP contribution in [-0.2, 0) is 17.8 Å². The fourth-order valence-corrected chi connectivity index (χ4v) is 4.45. The second kappa shape index (κ2) is 10.1. The number of halogens is 1. The third kappa shape index (κ3) is 5.94. The van der Waals surface area contributed by atoms with Crippen LogP contribution in [0.25, 0.3) is 0 Å². The molecule has 2 atom stereocenters. The molecule has 1 amide bonds. The summed E-state index contributed by atoms with van der Waals surface area (Å²) in [4.78, 5) is 14.4. The van der Waals surface area contributed by atoms with Crippen LogP contribution < -0.4 is 9.62 Å². The van der Waals surface area contributed by atoms with E-state index in [4.69, 9.17) is 5.11 Å². The predicted octanol–water partition coefficient (Wildman–Crippen LogP) is 4.33. The van der Waals surface area contributed by atoms with E-state index in [1.165, 1.54) is 4.90 Å². The summed E-state index contributed by atoms with van der Waals surface area (Å²) in [7, 11) is 0. The lowest BCUT2D eigenvalue weighted by Gasteiger charge is -2.35. The molecular weight excluding hydrogens is 429 g/mol. The van der Waals surface area contributed by atoms with Gasteiger partial charge < -0.3 is 19.5 Å². The maximum atomic E-state index is 15.2. The van der Waals surface area contributed by atoms with Crippen molar-refractivity contribution >= 4 is 23.1 Å². The van der Waals surface area contributed by atoms with E-state index >= 15 is 4.39 Å². The molecule has 0 aliphatic carbocycles. The lowest BCUT2D eigenvalue weighted by atomic mass is 10.0. The van der Waals surface area contributed by atoms with Gasteiger partial charge in [-0.05, 0) is 50.5 Å². The highest BCUT2D eigenvalue weighted by molar-refractivity contribution is 7.90. The van der Waals surface area contributed by atoms with Gasteiger partial charge in [0.25, 0.3) is 0 Å². The fourth-order valence-electron chi connectivity index (χ4n) is 3.64. The van der Waals surface area contributed by atoms with Crippen LogP contribution in [0.5, 0.6) is 0 Å². The van der Waals surface area contributed by atoms with Gasteiger partial charge in [0.15, 0.2) is 0 Å². The molecule has 1 fully saturated rings. The fraction of sp³-hybridized carbons (Fsp3) is 0.458. The average Bonchev–Trinajstić information content (AvgIpc) is 2.75. The topological polar surface area (TPSA) is 78.9 Å². The Morgan fingerprint density at radius 2 is 1.78 bits per heavy atom. The standard InChI is InChI=1S/C24H32FN3O3S/c1-17(26-32(31)24(2,3)4)19-10-8-18(9-11-19)16-20-6-5-7-21(22(20)25)27-12-14-28(15-13-27)23(29)30/h5-11,17,26H,12-16H2,1-4H3,(H,29,30)/t17?,32-/m0/s1. The summed E-state index contributed by atoms with van der Waals surface area (Å²) in [5, 5.41) is 9.10. The molecule has 1 aliphatic heterocycles. The summed E-state index contributed by atoms with van der Waals surface area (Å²) in [5.74, 6) is -0.254. The highest BCUT2D eigenvalue weighted by Crippen LogP contribution is 2.26. The molecule has 1 aliphatic rings. The average molecular weight is 462 g/mol. The largest absolute Gasteiger partial charge is 0.598 e. The number of nitrogens with zero attached hydrogens (tertiary/aromatic N) is 2. The van der Waals surface area contributed by atoms with Crippen LogP contribution in [0.1, 0.15) is 50.4 Å². The summed E-state index contributed by atoms with van der Waals surface area (Å²) in [5.41, 5.74) is 3.14. The molecule has 3 rings (SSSR count). The number of piperazine rings is 1. The Bertz CT molecular complexity index is 925. The van der Waals surface area contributed by atoms with E-state index in [9.17, 15) is 9.35 Å². The molecule has 0 bridgehead atoms. The molecule has 32 heavy (non-hydrogen) atoms. The second-order valence-electron chi connectivity index (χ2n) is 9.15. The number of hydrogen-bond acceptors (Lipinski definition) is 4. The summed E-state index contributed by atoms with van der Waals surface area (Å²) in [6.07, 6.45) is -0.471. The van der Waals surface area contributed by atoms with Crippen molar-refractivity contribution < 1.29 is 18.8 Å². The van der Waals surface area contributed by atoms with Crippen LogP contribution in [0.2, 0.25) is 0 Å². The van der Waals surface area contributed by atoms with Gasteiger partial charge in [-0.1, -0.05) is 36.4 Å². The van der Waals surface area contributed by atoms with Crippen molar-refractivity contribution in [1.82, 2.24) is 9.62 Å². The van der Waals surface area contributed by atoms with Gasteiger partial charge in [-0.25, -0.2) is 9.18 Å². The molecule has 0 radical (unpaired) electrons. The van der Waals surface area contributed by atoms with Gasteiger partial charge in [0.2, 0.25) is 0 Å². The van der Waals surface area contributed by atoms with Gasteiger partial charge >= 0.3 is 6.09 Å². The van der Waals surface area contributed by atoms with Crippen LogP contribution >= 0.6 is 0 Å². The van der Waals surface area contributed by atoms with Crippen LogP contribution in [0, 0.1) is 5.82 Å². The van der Waals surface area contributed by atoms with Crippen molar-refractivity contribution in [2.75, 3.05) is 31.1 Å². The van der Waals surface area contributed by atoms with Gasteiger partial charge in [0, 0.05) is 44.0 Å². The zero-order valence-electron chi connectivity index (χ0n) is 19.1. The molecule has 1 heterocycles. The van der Waals surface area contributed by atoms with Crippen molar-refractivity contribution in [3.05, 3.63) is 65.0 Å². The van der Waals surface area contributed by atoms with Crippen molar-refractivity contribution in [3.63, 3.8) is 0 Å². The number of anilines is 1. The lowest BCUT2D eigenvalue weighted by Crippen LogP contribution is -2.48. The van der Waals surface area contributed by atoms with Crippen LogP contribution in [0.3, 0.4) is 0 Å². The molecule has 0 spiro atoms. The zero-order chi connectivity index (χ0) is 23.5. The first-order valence-corrected chi connectivity index (χ1v) is 12.0. The number of hydrogen-bond donors (Lipinski definition) is 2. The van der Waals surface area contributed by atoms with E-state index in [1.807, 2.05) is 62.9 Å². The highest BCUT2D eigenvalue weighted by Gasteiger charge is 2.28. The van der Waals surface area contributed by atoms with Crippen molar-refractivity contribution in [2.45, 2.75) is 44.9 Å². The Labute approximate surface area is 192 Å². The second-order valence-corrected chi connectivity index (χ2v) is 11.1. The molecular formula is C24H32FN3O3S. The van der Waals surface area contributed by atoms with Crippen LogP contribution in [-0.4, -0.2) is 51.6 Å². The summed E-state index contributed by atoms with van der Waals surface area (Å²) in [6, 6.07) is 13.3. The first-order valence-electron chi connectivity index (χ1n) is 10.8. The molecule has 2 aromatic rings. The molecule has 1 saturated heterocycles. The maximum Gasteiger partial charge on any atom is 0.407 e. The van der Waals surface area contributed by atoms with E-state index in [0.29, 0.717) is 43.9 Å². The third-order valence-electron chi connectivity index (χ3n) is 5.66. The van der Waals surface area contributed by atoms with Crippen LogP contribution in [0.15, 0.2) is 42.5 Å². The molecule has 8 heteroatoms. The van der Waals surface area contributed by atoms with Gasteiger partial charge in [0.05, 0.1) is 11.7 Å². The minimum atomic E-state index is -1.16. The zero-order valence-corrected chi connectivity index (χ0v) is 19.9. The van der Waals surface area contributed by atoms with Crippen molar-refractivity contribution in [3.8, 4) is 0 Å². The van der Waals surface area contributed by atoms with E-state index < -0.39 is 17.5 Å². The van der Waals surface area contributed by atoms with E-state index in [-0.39, 0.29) is 16.6 Å². The quantitative estimate of drug-likeness (QED) is 0.626. The molecule has 174 valence electrons. The summed E-state index contributed by atoms with van der Waals surface area (Å²) in [6.45, 7) is 9.46. The SMILES string of the molecule is CC(N[S@@+]([O-])C(C)(C)C)c1ccc(Cc2cccc(N3CCN(C(=O)O)CC3)c2F)cc1. The smallest absolute Gasteiger partial charge is 0.407 e. The number of rotatable bonds is 6. The predicted molar refractivity (Wildman–Crippen MR) is 127 cm³/mol. The molecule has 2 N–H and O–H groups in total. The van der Waals surface area contributed by atoms with Gasteiger partial charge in [-0.15, -0.1) is 4.72 Å². The van der Waals surface area contributed by atoms with E-state index in [2.05, 4.69) is 4.72 Å². The summed E-state index contributed by atoms with van der Waals surface area (Å²) < 4.78 is 30.4. The molecule has 6 nitrogen and oxygen atoms in total. The Morgan fingerprint density at radius 3 is 2.34 bits per heavy atom. The van der Waals surface area contributed by atoms with Gasteiger partial charge in [-0.3, -0.25) is 0 Å². The monoisotopic (exact) mass is 461 g/mol. The number of carboxylic acid groups (broad SMARTS) is 1. The Balaban J connectivity index is 1.66. The third-order valence-corrected chi connectivity index (χ3v) is 7.34. The Morgan fingerprint density at radius 1 is 1.16 bits per heavy atom. The molecule has 1 unspecified atom stereocenters. The lowest BCUT2D eigenvalue weighted by molar-refractivity contribution is 0.142. The highest BCUT2D eigenvalue weighted by atomic mass is 32.2. The van der Waals surface area contributed by atoms with Gasteiger partial charge in [0.1, 0.15) is 10.6 Å². The van der Waals surface area contributed by atoms with E-state index in [1.54, 1.807) is 12.1 Å². The number of nitrogens with one attached hydrogen (secondary N) is 1. The number of carbonyl (C=O) groups is 1. The molecule has 0 saturated carbocycles. The van der Waals surface area contributed by atoms with E-state index in [0.717, 1.165) is 11.1 Å². The summed E-state index contributed by atoms with van der Waals surface area (Å²) >= 11 is -1.16. The van der Waals surface area contributed by atoms with Crippen molar-refractivity contribution in [2.24, 2.45) is 0 Å². The number of benzene rings is 2. The molecule has 2 aromatic carbocycles. The Hall–Kier alpha value is -2.29. The minimum Gasteiger partial charge on any atom is -0.598 e. The Kier molecular flexibility index (Phi) is 7.69.